The number of aliphatic hydroxyl groups excluding tert-OH is 1. The SMILES string of the molecule is O=S(=O)(F)c1ccccc1C=CCO. The fourth-order valence-electron chi connectivity index (χ4n) is 1.02. The molecule has 0 fully saturated rings. The molecule has 0 saturated carbocycles. The van der Waals surface area contributed by atoms with E-state index in [1.54, 1.807) is 6.07 Å². The lowest BCUT2D eigenvalue weighted by Crippen LogP contribution is -1.94. The van der Waals surface area contributed by atoms with Gasteiger partial charge in [-0.3, -0.25) is 0 Å². The zero-order chi connectivity index (χ0) is 10.6. The van der Waals surface area contributed by atoms with E-state index in [1.165, 1.54) is 30.4 Å². The number of aliphatic hydroxyl groups is 1. The highest BCUT2D eigenvalue weighted by atomic mass is 32.3. The molecule has 0 radical (unpaired) electrons. The van der Waals surface area contributed by atoms with Crippen molar-refractivity contribution in [2.24, 2.45) is 0 Å². The maximum Gasteiger partial charge on any atom is 0.332 e. The minimum Gasteiger partial charge on any atom is -0.392 e. The summed E-state index contributed by atoms with van der Waals surface area (Å²) in [5.41, 5.74) is 0.226. The largest absolute Gasteiger partial charge is 0.392 e. The monoisotopic (exact) mass is 216 g/mol. The Labute approximate surface area is 81.7 Å². The first-order valence-electron chi connectivity index (χ1n) is 3.87. The molecule has 0 aliphatic heterocycles. The molecular formula is C9H9FO3S. The van der Waals surface area contributed by atoms with E-state index in [1.807, 2.05) is 0 Å². The normalized spacial score (nSPS) is 12.1. The number of benzene rings is 1. The van der Waals surface area contributed by atoms with E-state index in [0.717, 1.165) is 0 Å². The van der Waals surface area contributed by atoms with Crippen LogP contribution < -0.4 is 0 Å². The molecule has 0 aromatic heterocycles. The van der Waals surface area contributed by atoms with Crippen LogP contribution >= 0.6 is 0 Å². The smallest absolute Gasteiger partial charge is 0.332 e. The van der Waals surface area contributed by atoms with Crippen LogP contribution in [0.4, 0.5) is 3.89 Å². The first-order chi connectivity index (χ1) is 6.55. The second-order valence-corrected chi connectivity index (χ2v) is 3.88. The molecule has 1 N–H and O–H groups in total. The minimum atomic E-state index is -4.70. The van der Waals surface area contributed by atoms with Crippen LogP contribution in [0.3, 0.4) is 0 Å². The van der Waals surface area contributed by atoms with Gasteiger partial charge in [0.15, 0.2) is 0 Å². The molecule has 1 rings (SSSR count). The summed E-state index contributed by atoms with van der Waals surface area (Å²) in [6, 6.07) is 5.65. The third kappa shape index (κ3) is 2.65. The molecule has 0 saturated heterocycles. The van der Waals surface area contributed by atoms with Crippen LogP contribution in [0, 0.1) is 0 Å². The summed E-state index contributed by atoms with van der Waals surface area (Å²) in [6.45, 7) is -0.222. The van der Waals surface area contributed by atoms with Gasteiger partial charge in [-0.1, -0.05) is 30.4 Å². The molecular weight excluding hydrogens is 207 g/mol. The van der Waals surface area contributed by atoms with Gasteiger partial charge in [0.1, 0.15) is 4.90 Å². The molecule has 0 bridgehead atoms. The Hall–Kier alpha value is -1.20. The molecule has 0 amide bonds. The van der Waals surface area contributed by atoms with Gasteiger partial charge in [-0.2, -0.15) is 8.42 Å². The van der Waals surface area contributed by atoms with Crippen molar-refractivity contribution in [2.45, 2.75) is 4.90 Å². The highest BCUT2D eigenvalue weighted by Crippen LogP contribution is 2.18. The fraction of sp³-hybridized carbons (Fsp3) is 0.111. The molecule has 5 heteroatoms. The van der Waals surface area contributed by atoms with E-state index in [2.05, 4.69) is 0 Å². The lowest BCUT2D eigenvalue weighted by Gasteiger charge is -1.99. The van der Waals surface area contributed by atoms with Crippen molar-refractivity contribution >= 4 is 16.3 Å². The summed E-state index contributed by atoms with van der Waals surface area (Å²) in [7, 11) is -4.70. The predicted octanol–water partition coefficient (Wildman–Crippen LogP) is 1.35. The van der Waals surface area contributed by atoms with Gasteiger partial charge in [-0.25, -0.2) is 0 Å². The molecule has 3 nitrogen and oxygen atoms in total. The van der Waals surface area contributed by atoms with E-state index in [-0.39, 0.29) is 17.1 Å². The molecule has 1 aromatic carbocycles. The van der Waals surface area contributed by atoms with Crippen LogP contribution in [0.1, 0.15) is 5.56 Å². The average molecular weight is 216 g/mol. The molecule has 0 atom stereocenters. The van der Waals surface area contributed by atoms with Crippen LogP contribution in [-0.4, -0.2) is 20.1 Å². The van der Waals surface area contributed by atoms with Crippen molar-refractivity contribution < 1.29 is 17.4 Å². The van der Waals surface area contributed by atoms with E-state index < -0.39 is 10.2 Å². The third-order valence-electron chi connectivity index (χ3n) is 1.58. The zero-order valence-corrected chi connectivity index (χ0v) is 8.04. The van der Waals surface area contributed by atoms with Crippen molar-refractivity contribution in [3.8, 4) is 0 Å². The quantitative estimate of drug-likeness (QED) is 0.776. The minimum absolute atomic E-state index is 0.222. The summed E-state index contributed by atoms with van der Waals surface area (Å²) in [4.78, 5) is -0.385. The second-order valence-electron chi connectivity index (χ2n) is 2.56. The highest BCUT2D eigenvalue weighted by Gasteiger charge is 2.14. The summed E-state index contributed by atoms with van der Waals surface area (Å²) < 4.78 is 34.0. The van der Waals surface area contributed by atoms with E-state index in [4.69, 9.17) is 5.11 Å². The maximum atomic E-state index is 12.7. The second kappa shape index (κ2) is 4.34. The zero-order valence-electron chi connectivity index (χ0n) is 7.22. The maximum absolute atomic E-state index is 12.7. The number of hydrogen-bond donors (Lipinski definition) is 1. The van der Waals surface area contributed by atoms with Gasteiger partial charge in [0, 0.05) is 0 Å². The first-order valence-corrected chi connectivity index (χ1v) is 5.25. The highest BCUT2D eigenvalue weighted by molar-refractivity contribution is 7.86. The van der Waals surface area contributed by atoms with Gasteiger partial charge in [0.05, 0.1) is 6.61 Å². The van der Waals surface area contributed by atoms with Gasteiger partial charge < -0.3 is 5.11 Å². The van der Waals surface area contributed by atoms with Crippen molar-refractivity contribution in [3.05, 3.63) is 35.9 Å². The Balaban J connectivity index is 3.24. The van der Waals surface area contributed by atoms with Crippen molar-refractivity contribution in [1.82, 2.24) is 0 Å². The van der Waals surface area contributed by atoms with E-state index >= 15 is 0 Å². The lowest BCUT2D eigenvalue weighted by atomic mass is 10.2. The third-order valence-corrected chi connectivity index (χ3v) is 2.48. The summed E-state index contributed by atoms with van der Waals surface area (Å²) in [5, 5.41) is 8.49. The van der Waals surface area contributed by atoms with Gasteiger partial charge in [0.25, 0.3) is 0 Å². The van der Waals surface area contributed by atoms with Crippen LogP contribution in [0.2, 0.25) is 0 Å². The van der Waals surface area contributed by atoms with Crippen molar-refractivity contribution in [3.63, 3.8) is 0 Å². The van der Waals surface area contributed by atoms with Crippen LogP contribution in [-0.2, 0) is 10.2 Å². The molecule has 0 aliphatic rings. The first kappa shape index (κ1) is 10.9. The number of halogens is 1. The topological polar surface area (TPSA) is 54.4 Å². The van der Waals surface area contributed by atoms with Crippen molar-refractivity contribution in [1.29, 1.82) is 0 Å². The molecule has 1 aromatic rings. The van der Waals surface area contributed by atoms with Gasteiger partial charge >= 0.3 is 10.2 Å². The molecule has 0 aliphatic carbocycles. The van der Waals surface area contributed by atoms with Crippen LogP contribution in [0.25, 0.3) is 6.08 Å². The van der Waals surface area contributed by atoms with E-state index in [9.17, 15) is 12.3 Å². The molecule has 14 heavy (non-hydrogen) atoms. The average Bonchev–Trinajstić information content (AvgIpc) is 2.14. The van der Waals surface area contributed by atoms with Gasteiger partial charge in [0.2, 0.25) is 0 Å². The number of hydrogen-bond acceptors (Lipinski definition) is 3. The predicted molar refractivity (Wildman–Crippen MR) is 50.9 cm³/mol. The van der Waals surface area contributed by atoms with Gasteiger partial charge in [-0.05, 0) is 11.6 Å². The lowest BCUT2D eigenvalue weighted by molar-refractivity contribution is 0.343. The molecule has 0 spiro atoms. The standard InChI is InChI=1S/C9H9FO3S/c10-14(12,13)9-6-2-1-4-8(9)5-3-7-11/h1-6,11H,7H2. The molecule has 0 unspecified atom stereocenters. The Morgan fingerprint density at radius 2 is 2.00 bits per heavy atom. The Morgan fingerprint density at radius 3 is 2.57 bits per heavy atom. The van der Waals surface area contributed by atoms with Crippen molar-refractivity contribution in [2.75, 3.05) is 6.61 Å². The Bertz CT molecular complexity index is 437. The Kier molecular flexibility index (Phi) is 3.38. The van der Waals surface area contributed by atoms with E-state index in [0.29, 0.717) is 0 Å². The van der Waals surface area contributed by atoms with Crippen LogP contribution in [0.5, 0.6) is 0 Å². The Morgan fingerprint density at radius 1 is 1.36 bits per heavy atom. The summed E-state index contributed by atoms with van der Waals surface area (Å²) in [5.74, 6) is 0. The summed E-state index contributed by atoms with van der Waals surface area (Å²) in [6.07, 6.45) is 2.69. The summed E-state index contributed by atoms with van der Waals surface area (Å²) >= 11 is 0. The fourth-order valence-corrected chi connectivity index (χ4v) is 1.68. The van der Waals surface area contributed by atoms with Gasteiger partial charge in [-0.15, -0.1) is 3.89 Å². The molecule has 0 heterocycles. The molecule has 76 valence electrons. The number of rotatable bonds is 3. The van der Waals surface area contributed by atoms with Crippen LogP contribution in [0.15, 0.2) is 35.2 Å².